The number of aromatic nitrogens is 2. The Morgan fingerprint density at radius 2 is 1.01 bits per heavy atom. The van der Waals surface area contributed by atoms with E-state index in [-0.39, 0.29) is 0 Å². The topological polar surface area (TPSA) is 83.1 Å². The second kappa shape index (κ2) is 23.4. The SMILES string of the molecule is CC(C)(C)C1CCC(Oc2ccc3cc(C=O)ccc3c2)CC1.CC(C)(C)C1CCC(Oc2ccc3cc(CN4CCN(c5cccnc5)CC4)ccc3c2)CC1.c1cncc(N2CCNCC2)c1. The van der Waals surface area contributed by atoms with Gasteiger partial charge in [-0.05, 0) is 162 Å². The molecule has 2 aliphatic heterocycles. The van der Waals surface area contributed by atoms with Crippen molar-refractivity contribution in [2.75, 3.05) is 62.2 Å². The summed E-state index contributed by atoms with van der Waals surface area (Å²) in [7, 11) is 0. The van der Waals surface area contributed by atoms with Crippen molar-refractivity contribution in [3.8, 4) is 11.5 Å². The number of hydrogen-bond donors (Lipinski definition) is 1. The number of nitrogens with zero attached hydrogens (tertiary/aromatic N) is 5. The highest BCUT2D eigenvalue weighted by Gasteiger charge is 2.32. The smallest absolute Gasteiger partial charge is 0.150 e. The second-order valence-electron chi connectivity index (χ2n) is 22.1. The third-order valence-electron chi connectivity index (χ3n) is 15.2. The van der Waals surface area contributed by atoms with Gasteiger partial charge in [-0.3, -0.25) is 19.7 Å². The van der Waals surface area contributed by atoms with Crippen molar-refractivity contribution in [2.24, 2.45) is 22.7 Å². The zero-order valence-corrected chi connectivity index (χ0v) is 42.4. The van der Waals surface area contributed by atoms with E-state index in [1.54, 1.807) is 0 Å². The minimum absolute atomic E-state index is 0.334. The van der Waals surface area contributed by atoms with E-state index in [4.69, 9.17) is 9.47 Å². The molecule has 9 heteroatoms. The predicted octanol–water partition coefficient (Wildman–Crippen LogP) is 12.7. The quantitative estimate of drug-likeness (QED) is 0.143. The summed E-state index contributed by atoms with van der Waals surface area (Å²) < 4.78 is 12.6. The molecule has 2 saturated heterocycles. The largest absolute Gasteiger partial charge is 0.490 e. The van der Waals surface area contributed by atoms with E-state index in [2.05, 4.69) is 126 Å². The van der Waals surface area contributed by atoms with Crippen LogP contribution in [0.3, 0.4) is 0 Å². The molecule has 9 nitrogen and oxygen atoms in total. The maximum Gasteiger partial charge on any atom is 0.150 e. The molecule has 0 bridgehead atoms. The number of carbonyl (C=O) groups is 1. The van der Waals surface area contributed by atoms with Crippen LogP contribution in [0.2, 0.25) is 0 Å². The maximum absolute atomic E-state index is 10.9. The number of benzene rings is 4. The van der Waals surface area contributed by atoms with Crippen LogP contribution in [0.25, 0.3) is 21.5 Å². The number of rotatable bonds is 9. The van der Waals surface area contributed by atoms with Crippen molar-refractivity contribution in [2.45, 2.75) is 112 Å². The molecule has 10 rings (SSSR count). The van der Waals surface area contributed by atoms with Crippen LogP contribution in [0.5, 0.6) is 11.5 Å². The fourth-order valence-corrected chi connectivity index (χ4v) is 10.7. The number of ether oxygens (including phenoxy) is 2. The highest BCUT2D eigenvalue weighted by Crippen LogP contribution is 2.40. The minimum Gasteiger partial charge on any atom is -0.490 e. The Hall–Kier alpha value is -5.51. The minimum atomic E-state index is 0.334. The Bertz CT molecular complexity index is 2510. The van der Waals surface area contributed by atoms with E-state index in [1.165, 1.54) is 66.2 Å². The van der Waals surface area contributed by atoms with Crippen molar-refractivity contribution < 1.29 is 14.3 Å². The van der Waals surface area contributed by atoms with Crippen molar-refractivity contribution in [3.05, 3.63) is 133 Å². The first-order valence-corrected chi connectivity index (χ1v) is 25.9. The van der Waals surface area contributed by atoms with Crippen molar-refractivity contribution >= 4 is 39.2 Å². The van der Waals surface area contributed by atoms with Crippen LogP contribution >= 0.6 is 0 Å². The number of pyridine rings is 2. The van der Waals surface area contributed by atoms with Gasteiger partial charge in [0.25, 0.3) is 0 Å². The van der Waals surface area contributed by atoms with Crippen molar-refractivity contribution in [1.29, 1.82) is 0 Å². The van der Waals surface area contributed by atoms with E-state index < -0.39 is 0 Å². The number of fused-ring (bicyclic) bond motifs is 2. The van der Waals surface area contributed by atoms with Crippen molar-refractivity contribution in [3.63, 3.8) is 0 Å². The maximum atomic E-state index is 10.9. The third kappa shape index (κ3) is 14.3. The Morgan fingerprint density at radius 3 is 1.49 bits per heavy atom. The molecule has 4 fully saturated rings. The van der Waals surface area contributed by atoms with Crippen LogP contribution in [0.1, 0.15) is 109 Å². The number of nitrogens with one attached hydrogen (secondary N) is 1. The molecule has 0 unspecified atom stereocenters. The summed E-state index contributed by atoms with van der Waals surface area (Å²) in [4.78, 5) is 26.5. The zero-order valence-electron chi connectivity index (χ0n) is 42.4. The summed E-state index contributed by atoms with van der Waals surface area (Å²) in [6.45, 7) is 23.8. The Balaban J connectivity index is 0.000000157. The average Bonchev–Trinajstić information content (AvgIpc) is 3.37. The standard InChI is InChI=1S/C30H39N3O.C21H26O2.C9H13N3/c1-30(2,3)26-9-12-28(13-10-26)34-29-11-8-24-19-23(6-7-25(24)20-29)22-32-15-17-33(18-16-32)27-5-4-14-31-21-27;1-21(2,3)18-7-10-19(11-8-18)23-20-9-6-16-12-15(14-22)4-5-17(16)13-20;1-2-9(8-11-3-1)12-6-4-10-5-7-12/h4-8,11,14,19-21,26,28H,9-10,12-13,15-18,22H2,1-3H3;4-6,9,12-14,18-19H,7-8,10-11H2,1-3H3;1-3,8,10H,4-7H2. The molecular weight excluding hydrogens is 853 g/mol. The molecule has 4 heterocycles. The lowest BCUT2D eigenvalue weighted by atomic mass is 9.72. The lowest BCUT2D eigenvalue weighted by Gasteiger charge is -2.37. The summed E-state index contributed by atoms with van der Waals surface area (Å²) in [5.74, 6) is 3.59. The Labute approximate surface area is 413 Å². The van der Waals surface area contributed by atoms with E-state index in [0.717, 1.165) is 112 Å². The zero-order chi connectivity index (χ0) is 48.2. The summed E-state index contributed by atoms with van der Waals surface area (Å²) in [6, 6.07) is 33.7. The van der Waals surface area contributed by atoms with E-state index in [1.807, 2.05) is 67.3 Å². The fourth-order valence-electron chi connectivity index (χ4n) is 10.7. The molecule has 0 amide bonds. The number of carbonyl (C=O) groups excluding carboxylic acids is 1. The lowest BCUT2D eigenvalue weighted by molar-refractivity contribution is 0.0881. The van der Waals surface area contributed by atoms with Gasteiger partial charge >= 0.3 is 0 Å². The first-order valence-electron chi connectivity index (χ1n) is 25.9. The molecular formula is C60H78N6O3. The Kier molecular flexibility index (Phi) is 16.9. The van der Waals surface area contributed by atoms with Gasteiger partial charge in [-0.15, -0.1) is 0 Å². The van der Waals surface area contributed by atoms with Gasteiger partial charge in [-0.25, -0.2) is 0 Å². The van der Waals surface area contributed by atoms with Crippen LogP contribution in [0, 0.1) is 22.7 Å². The molecule has 2 saturated carbocycles. The van der Waals surface area contributed by atoms with Gasteiger partial charge in [0.05, 0.1) is 36.0 Å². The summed E-state index contributed by atoms with van der Waals surface area (Å²) >= 11 is 0. The van der Waals surface area contributed by atoms with Gasteiger partial charge in [-0.2, -0.15) is 0 Å². The highest BCUT2D eigenvalue weighted by atomic mass is 16.5. The fraction of sp³-hybridized carbons (Fsp3) is 0.483. The molecule has 366 valence electrons. The molecule has 0 radical (unpaired) electrons. The molecule has 1 N–H and O–H groups in total. The summed E-state index contributed by atoms with van der Waals surface area (Å²) in [5, 5.41) is 8.10. The van der Waals surface area contributed by atoms with Gasteiger partial charge < -0.3 is 24.6 Å². The second-order valence-corrected chi connectivity index (χ2v) is 22.1. The number of hydrogen-bond acceptors (Lipinski definition) is 9. The number of anilines is 2. The van der Waals surface area contributed by atoms with Gasteiger partial charge in [0.15, 0.2) is 0 Å². The third-order valence-corrected chi connectivity index (χ3v) is 15.2. The van der Waals surface area contributed by atoms with Crippen LogP contribution < -0.4 is 24.6 Å². The monoisotopic (exact) mass is 931 g/mol. The Morgan fingerprint density at radius 1 is 0.551 bits per heavy atom. The number of piperazine rings is 2. The summed E-state index contributed by atoms with van der Waals surface area (Å²) in [5.41, 5.74) is 5.39. The molecule has 6 aromatic rings. The van der Waals surface area contributed by atoms with Crippen LogP contribution in [-0.4, -0.2) is 85.7 Å². The van der Waals surface area contributed by atoms with Gasteiger partial charge in [0, 0.05) is 76.9 Å². The lowest BCUT2D eigenvalue weighted by Crippen LogP contribution is -2.46. The van der Waals surface area contributed by atoms with Gasteiger partial charge in [-0.1, -0.05) is 77.9 Å². The molecule has 4 aliphatic rings. The molecule has 69 heavy (non-hydrogen) atoms. The highest BCUT2D eigenvalue weighted by molar-refractivity contribution is 5.89. The van der Waals surface area contributed by atoms with E-state index >= 15 is 0 Å². The van der Waals surface area contributed by atoms with Gasteiger partial charge in [0.2, 0.25) is 0 Å². The van der Waals surface area contributed by atoms with E-state index in [0.29, 0.717) is 28.6 Å². The van der Waals surface area contributed by atoms with Crippen LogP contribution in [-0.2, 0) is 6.54 Å². The average molecular weight is 931 g/mol. The number of aldehydes is 1. The van der Waals surface area contributed by atoms with Crippen LogP contribution in [0.4, 0.5) is 11.4 Å². The molecule has 2 aliphatic carbocycles. The normalized spacial score (nSPS) is 21.4. The molecule has 2 aromatic heterocycles. The van der Waals surface area contributed by atoms with Crippen LogP contribution in [0.15, 0.2) is 122 Å². The van der Waals surface area contributed by atoms with E-state index in [9.17, 15) is 4.79 Å². The first kappa shape index (κ1) is 49.9. The molecule has 0 spiro atoms. The first-order chi connectivity index (χ1) is 33.4. The molecule has 0 atom stereocenters. The predicted molar refractivity (Wildman–Crippen MR) is 286 cm³/mol. The summed E-state index contributed by atoms with van der Waals surface area (Å²) in [6.07, 6.45) is 18.8. The molecule has 4 aromatic carbocycles. The van der Waals surface area contributed by atoms with Gasteiger partial charge in [0.1, 0.15) is 17.8 Å². The van der Waals surface area contributed by atoms with Crippen molar-refractivity contribution in [1.82, 2.24) is 20.2 Å².